The number of fused-ring (bicyclic) bond motifs is 1. The van der Waals surface area contributed by atoms with Crippen LogP contribution in [0, 0.1) is 0 Å². The number of aromatic nitrogens is 3. The SMILES string of the molecule is CC(C)n1ncc2c(C(=O)N(C)CC(=O)Nc3ccc(OC(F)(F)F)cc3)cc(C3CC3)nc21. The smallest absolute Gasteiger partial charge is 0.406 e. The molecule has 0 saturated heterocycles. The van der Waals surface area contributed by atoms with Crippen LogP contribution in [0.15, 0.2) is 36.5 Å². The zero-order valence-electron chi connectivity index (χ0n) is 18.9. The monoisotopic (exact) mass is 475 g/mol. The molecule has 0 spiro atoms. The Balaban J connectivity index is 1.48. The highest BCUT2D eigenvalue weighted by Gasteiger charge is 2.31. The van der Waals surface area contributed by atoms with Crippen molar-refractivity contribution in [3.63, 3.8) is 0 Å². The highest BCUT2D eigenvalue weighted by molar-refractivity contribution is 6.07. The standard InChI is InChI=1S/C23H24F3N5O3/c1-13(2)31-21-18(11-27-31)17(10-19(29-21)14-4-5-14)22(33)30(3)12-20(32)28-15-6-8-16(9-7-15)34-23(24,25)26/h6-11,13-14H,4-5,12H2,1-3H3,(H,28,32). The van der Waals surface area contributed by atoms with E-state index < -0.39 is 18.0 Å². The van der Waals surface area contributed by atoms with Gasteiger partial charge in [-0.05, 0) is 57.0 Å². The number of amides is 2. The molecule has 11 heteroatoms. The molecule has 1 aliphatic carbocycles. The zero-order chi connectivity index (χ0) is 24.6. The van der Waals surface area contributed by atoms with Gasteiger partial charge in [0.1, 0.15) is 5.75 Å². The Kier molecular flexibility index (Phi) is 6.20. The first-order valence-corrected chi connectivity index (χ1v) is 10.8. The van der Waals surface area contributed by atoms with Gasteiger partial charge >= 0.3 is 6.36 Å². The minimum Gasteiger partial charge on any atom is -0.406 e. The van der Waals surface area contributed by atoms with E-state index in [0.29, 0.717) is 22.5 Å². The number of nitrogens with zero attached hydrogens (tertiary/aromatic N) is 4. The number of ether oxygens (including phenoxy) is 1. The van der Waals surface area contributed by atoms with Gasteiger partial charge in [0.05, 0.1) is 23.7 Å². The average Bonchev–Trinajstić information content (AvgIpc) is 3.51. The molecule has 0 bridgehead atoms. The summed E-state index contributed by atoms with van der Waals surface area (Å²) in [7, 11) is 1.51. The Morgan fingerprint density at radius 3 is 2.50 bits per heavy atom. The van der Waals surface area contributed by atoms with Crippen LogP contribution in [0.5, 0.6) is 5.75 Å². The van der Waals surface area contributed by atoms with Crippen molar-refractivity contribution in [2.45, 2.75) is 45.0 Å². The molecule has 0 radical (unpaired) electrons. The maximum atomic E-state index is 13.3. The molecule has 2 amide bonds. The zero-order valence-corrected chi connectivity index (χ0v) is 18.9. The van der Waals surface area contributed by atoms with Gasteiger partial charge in [-0.1, -0.05) is 0 Å². The van der Waals surface area contributed by atoms with Crippen LogP contribution in [-0.2, 0) is 4.79 Å². The second-order valence-corrected chi connectivity index (χ2v) is 8.57. The third-order valence-electron chi connectivity index (χ3n) is 5.40. The summed E-state index contributed by atoms with van der Waals surface area (Å²) in [5.41, 5.74) is 2.20. The summed E-state index contributed by atoms with van der Waals surface area (Å²) in [6.07, 6.45) is -1.14. The van der Waals surface area contributed by atoms with Crippen LogP contribution in [0.1, 0.15) is 54.7 Å². The van der Waals surface area contributed by atoms with Crippen LogP contribution in [0.3, 0.4) is 0 Å². The molecule has 0 unspecified atom stereocenters. The van der Waals surface area contributed by atoms with Gasteiger partial charge in [0.2, 0.25) is 5.91 Å². The fourth-order valence-electron chi connectivity index (χ4n) is 3.61. The topological polar surface area (TPSA) is 89.4 Å². The van der Waals surface area contributed by atoms with E-state index in [1.165, 1.54) is 24.1 Å². The minimum atomic E-state index is -4.79. The van der Waals surface area contributed by atoms with Gasteiger partial charge in [0.15, 0.2) is 5.65 Å². The predicted molar refractivity (Wildman–Crippen MR) is 119 cm³/mol. The normalized spacial score (nSPS) is 13.9. The molecule has 2 aromatic heterocycles. The van der Waals surface area contributed by atoms with Crippen LogP contribution in [0.2, 0.25) is 0 Å². The van der Waals surface area contributed by atoms with E-state index in [9.17, 15) is 22.8 Å². The lowest BCUT2D eigenvalue weighted by molar-refractivity contribution is -0.274. The summed E-state index contributed by atoms with van der Waals surface area (Å²) in [5, 5.41) is 7.58. The maximum Gasteiger partial charge on any atom is 0.573 e. The van der Waals surface area contributed by atoms with Crippen LogP contribution in [0.4, 0.5) is 18.9 Å². The van der Waals surface area contributed by atoms with Crippen LogP contribution >= 0.6 is 0 Å². The van der Waals surface area contributed by atoms with Gasteiger partial charge in [-0.2, -0.15) is 5.10 Å². The maximum absolute atomic E-state index is 13.3. The molecule has 3 aromatic rings. The molecule has 1 N–H and O–H groups in total. The predicted octanol–water partition coefficient (Wildman–Crippen LogP) is 4.50. The lowest BCUT2D eigenvalue weighted by Gasteiger charge is -2.18. The Labute approximate surface area is 193 Å². The molecular weight excluding hydrogens is 451 g/mol. The Morgan fingerprint density at radius 1 is 1.24 bits per heavy atom. The van der Waals surface area contributed by atoms with Crippen LogP contribution < -0.4 is 10.1 Å². The van der Waals surface area contributed by atoms with Gasteiger partial charge < -0.3 is 15.0 Å². The summed E-state index contributed by atoms with van der Waals surface area (Å²) >= 11 is 0. The summed E-state index contributed by atoms with van der Waals surface area (Å²) in [5.74, 6) is -0.912. The molecular formula is C23H24F3N5O3. The first-order chi connectivity index (χ1) is 16.0. The Morgan fingerprint density at radius 2 is 1.91 bits per heavy atom. The van der Waals surface area contributed by atoms with Gasteiger partial charge in [0, 0.05) is 30.4 Å². The van der Waals surface area contributed by atoms with E-state index in [-0.39, 0.29) is 24.2 Å². The Bertz CT molecular complexity index is 1220. The van der Waals surface area contributed by atoms with Crippen LogP contribution in [0.25, 0.3) is 11.0 Å². The molecule has 0 aliphatic heterocycles. The quantitative estimate of drug-likeness (QED) is 0.544. The van der Waals surface area contributed by atoms with Crippen molar-refractivity contribution in [3.05, 3.63) is 47.8 Å². The number of pyridine rings is 1. The number of benzene rings is 1. The molecule has 1 fully saturated rings. The van der Waals surface area contributed by atoms with E-state index in [2.05, 4.69) is 15.2 Å². The van der Waals surface area contributed by atoms with Crippen LogP contribution in [-0.4, -0.2) is 51.4 Å². The first kappa shape index (κ1) is 23.5. The summed E-state index contributed by atoms with van der Waals surface area (Å²) < 4.78 is 42.4. The number of carbonyl (C=O) groups is 2. The van der Waals surface area contributed by atoms with E-state index in [0.717, 1.165) is 30.7 Å². The van der Waals surface area contributed by atoms with Crippen molar-refractivity contribution in [3.8, 4) is 5.75 Å². The van der Waals surface area contributed by atoms with Crippen molar-refractivity contribution in [1.29, 1.82) is 0 Å². The second-order valence-electron chi connectivity index (χ2n) is 8.57. The number of nitrogens with one attached hydrogen (secondary N) is 1. The highest BCUT2D eigenvalue weighted by atomic mass is 19.4. The minimum absolute atomic E-state index is 0.0684. The largest absolute Gasteiger partial charge is 0.573 e. The van der Waals surface area contributed by atoms with Crippen molar-refractivity contribution >= 4 is 28.5 Å². The lowest BCUT2D eigenvalue weighted by atomic mass is 10.1. The van der Waals surface area contributed by atoms with Crippen molar-refractivity contribution in [2.75, 3.05) is 18.9 Å². The average molecular weight is 475 g/mol. The summed E-state index contributed by atoms with van der Waals surface area (Å²) in [4.78, 5) is 31.7. The molecule has 34 heavy (non-hydrogen) atoms. The van der Waals surface area contributed by atoms with Gasteiger partial charge in [-0.25, -0.2) is 9.67 Å². The molecule has 2 heterocycles. The number of alkyl halides is 3. The molecule has 0 atom stereocenters. The molecule has 4 rings (SSSR count). The van der Waals surface area contributed by atoms with E-state index in [4.69, 9.17) is 4.98 Å². The summed E-state index contributed by atoms with van der Waals surface area (Å²) in [6, 6.07) is 6.61. The number of anilines is 1. The highest BCUT2D eigenvalue weighted by Crippen LogP contribution is 2.40. The van der Waals surface area contributed by atoms with Crippen molar-refractivity contribution in [1.82, 2.24) is 19.7 Å². The molecule has 1 aliphatic rings. The number of rotatable bonds is 7. The van der Waals surface area contributed by atoms with E-state index >= 15 is 0 Å². The van der Waals surface area contributed by atoms with Gasteiger partial charge in [-0.3, -0.25) is 9.59 Å². The van der Waals surface area contributed by atoms with Crippen molar-refractivity contribution < 1.29 is 27.5 Å². The molecule has 8 nitrogen and oxygen atoms in total. The lowest BCUT2D eigenvalue weighted by Crippen LogP contribution is -2.35. The van der Waals surface area contributed by atoms with E-state index in [1.54, 1.807) is 16.9 Å². The fourth-order valence-corrected chi connectivity index (χ4v) is 3.61. The second kappa shape index (κ2) is 8.96. The number of hydrogen-bond donors (Lipinski definition) is 1. The third kappa shape index (κ3) is 5.29. The van der Waals surface area contributed by atoms with Gasteiger partial charge in [0.25, 0.3) is 5.91 Å². The van der Waals surface area contributed by atoms with E-state index in [1.807, 2.05) is 13.8 Å². The fraction of sp³-hybridized carbons (Fsp3) is 0.391. The number of hydrogen-bond acceptors (Lipinski definition) is 5. The molecule has 1 aromatic carbocycles. The summed E-state index contributed by atoms with van der Waals surface area (Å²) in [6.45, 7) is 3.72. The first-order valence-electron chi connectivity index (χ1n) is 10.8. The number of carbonyl (C=O) groups excluding carboxylic acids is 2. The Hall–Kier alpha value is -3.63. The molecule has 1 saturated carbocycles. The third-order valence-corrected chi connectivity index (χ3v) is 5.40. The van der Waals surface area contributed by atoms with Crippen molar-refractivity contribution in [2.24, 2.45) is 0 Å². The van der Waals surface area contributed by atoms with Gasteiger partial charge in [-0.15, -0.1) is 13.2 Å². The number of likely N-dealkylation sites (N-methyl/N-ethyl adjacent to an activating group) is 1. The number of halogens is 3. The molecule has 180 valence electrons.